The Kier molecular flexibility index (Phi) is 2.58. The highest BCUT2D eigenvalue weighted by Crippen LogP contribution is 2.05. The SMILES string of the molecule is Cc1ccccc1C(=O)NC=N. The van der Waals surface area contributed by atoms with Crippen LogP contribution in [0.25, 0.3) is 0 Å². The van der Waals surface area contributed by atoms with Crippen LogP contribution in [0.4, 0.5) is 0 Å². The van der Waals surface area contributed by atoms with Crippen molar-refractivity contribution in [3.05, 3.63) is 35.4 Å². The molecule has 3 heteroatoms. The van der Waals surface area contributed by atoms with Crippen LogP contribution >= 0.6 is 0 Å². The van der Waals surface area contributed by atoms with Crippen LogP contribution in [0.3, 0.4) is 0 Å². The largest absolute Gasteiger partial charge is 0.313 e. The van der Waals surface area contributed by atoms with Crippen LogP contribution in [0, 0.1) is 12.3 Å². The standard InChI is InChI=1S/C9H10N2O/c1-7-4-2-3-5-8(7)9(12)11-6-10/h2-6H,1H3,(H2,10,11,12). The lowest BCUT2D eigenvalue weighted by molar-refractivity contribution is 0.0978. The molecule has 3 nitrogen and oxygen atoms in total. The minimum Gasteiger partial charge on any atom is -0.313 e. The second kappa shape index (κ2) is 3.67. The fourth-order valence-electron chi connectivity index (χ4n) is 0.971. The van der Waals surface area contributed by atoms with E-state index in [0.717, 1.165) is 11.9 Å². The van der Waals surface area contributed by atoms with Crippen molar-refractivity contribution in [1.29, 1.82) is 5.41 Å². The van der Waals surface area contributed by atoms with Crippen molar-refractivity contribution < 1.29 is 4.79 Å². The average molecular weight is 162 g/mol. The highest BCUT2D eigenvalue weighted by molar-refractivity contribution is 6.01. The van der Waals surface area contributed by atoms with Gasteiger partial charge in [0.05, 0.1) is 6.34 Å². The van der Waals surface area contributed by atoms with Gasteiger partial charge in [-0.25, -0.2) is 0 Å². The van der Waals surface area contributed by atoms with Crippen molar-refractivity contribution in [1.82, 2.24) is 5.32 Å². The molecule has 0 heterocycles. The number of hydrogen-bond acceptors (Lipinski definition) is 2. The number of carbonyl (C=O) groups is 1. The third-order valence-electron chi connectivity index (χ3n) is 1.59. The summed E-state index contributed by atoms with van der Waals surface area (Å²) in [6.07, 6.45) is 0.884. The Hall–Kier alpha value is -1.64. The molecule has 2 N–H and O–H groups in total. The molecule has 12 heavy (non-hydrogen) atoms. The van der Waals surface area contributed by atoms with Gasteiger partial charge in [-0.3, -0.25) is 10.2 Å². The summed E-state index contributed by atoms with van der Waals surface area (Å²) in [6, 6.07) is 7.26. The lowest BCUT2D eigenvalue weighted by Gasteiger charge is -2.01. The number of hydrogen-bond donors (Lipinski definition) is 2. The fraction of sp³-hybridized carbons (Fsp3) is 0.111. The number of aryl methyl sites for hydroxylation is 1. The van der Waals surface area contributed by atoms with Gasteiger partial charge in [0.2, 0.25) is 0 Å². The lowest BCUT2D eigenvalue weighted by atomic mass is 10.1. The molecule has 0 saturated carbocycles. The summed E-state index contributed by atoms with van der Waals surface area (Å²) in [5, 5.41) is 9.00. The number of carbonyl (C=O) groups excluding carboxylic acids is 1. The summed E-state index contributed by atoms with van der Waals surface area (Å²) in [7, 11) is 0. The second-order valence-corrected chi connectivity index (χ2v) is 2.43. The number of benzene rings is 1. The number of amides is 1. The van der Waals surface area contributed by atoms with E-state index >= 15 is 0 Å². The topological polar surface area (TPSA) is 53.0 Å². The first-order chi connectivity index (χ1) is 5.75. The van der Waals surface area contributed by atoms with E-state index in [1.165, 1.54) is 0 Å². The highest BCUT2D eigenvalue weighted by atomic mass is 16.1. The first kappa shape index (κ1) is 8.46. The van der Waals surface area contributed by atoms with Gasteiger partial charge in [-0.05, 0) is 18.6 Å². The molecule has 1 amide bonds. The molecule has 0 unspecified atom stereocenters. The lowest BCUT2D eigenvalue weighted by Crippen LogP contribution is -2.21. The molecule has 0 saturated heterocycles. The smallest absolute Gasteiger partial charge is 0.256 e. The number of rotatable bonds is 2. The molecule has 1 rings (SSSR count). The summed E-state index contributed by atoms with van der Waals surface area (Å²) in [5.41, 5.74) is 1.53. The molecule has 0 aliphatic carbocycles. The Bertz CT molecular complexity index is 307. The Balaban J connectivity index is 2.94. The van der Waals surface area contributed by atoms with E-state index in [0.29, 0.717) is 5.56 Å². The third-order valence-corrected chi connectivity index (χ3v) is 1.59. The van der Waals surface area contributed by atoms with Crippen LogP contribution in [-0.2, 0) is 0 Å². The molecule has 0 radical (unpaired) electrons. The predicted octanol–water partition coefficient (Wildman–Crippen LogP) is 1.33. The van der Waals surface area contributed by atoms with Gasteiger partial charge in [-0.1, -0.05) is 18.2 Å². The van der Waals surface area contributed by atoms with E-state index in [9.17, 15) is 4.79 Å². The molecule has 1 aromatic rings. The zero-order chi connectivity index (χ0) is 8.97. The van der Waals surface area contributed by atoms with E-state index in [-0.39, 0.29) is 5.91 Å². The van der Waals surface area contributed by atoms with Crippen molar-refractivity contribution in [3.63, 3.8) is 0 Å². The third kappa shape index (κ3) is 1.69. The summed E-state index contributed by atoms with van der Waals surface area (Å²) in [5.74, 6) is -0.233. The van der Waals surface area contributed by atoms with E-state index in [2.05, 4.69) is 5.32 Å². The summed E-state index contributed by atoms with van der Waals surface area (Å²) < 4.78 is 0. The molecule has 62 valence electrons. The highest BCUT2D eigenvalue weighted by Gasteiger charge is 2.04. The second-order valence-electron chi connectivity index (χ2n) is 2.43. The zero-order valence-electron chi connectivity index (χ0n) is 6.79. The first-order valence-corrected chi connectivity index (χ1v) is 3.61. The molecular formula is C9H10N2O. The molecule has 0 spiro atoms. The van der Waals surface area contributed by atoms with Gasteiger partial charge in [0.25, 0.3) is 5.91 Å². The van der Waals surface area contributed by atoms with Gasteiger partial charge >= 0.3 is 0 Å². The maximum absolute atomic E-state index is 11.2. The van der Waals surface area contributed by atoms with Crippen LogP contribution in [0.2, 0.25) is 0 Å². The van der Waals surface area contributed by atoms with E-state index in [1.807, 2.05) is 19.1 Å². The Morgan fingerprint density at radius 1 is 1.50 bits per heavy atom. The Morgan fingerprint density at radius 3 is 2.75 bits per heavy atom. The van der Waals surface area contributed by atoms with Gasteiger partial charge in [-0.2, -0.15) is 0 Å². The average Bonchev–Trinajstić information content (AvgIpc) is 2.05. The fourth-order valence-corrected chi connectivity index (χ4v) is 0.971. The molecular weight excluding hydrogens is 152 g/mol. The molecule has 0 atom stereocenters. The minimum atomic E-state index is -0.233. The van der Waals surface area contributed by atoms with Gasteiger partial charge in [-0.15, -0.1) is 0 Å². The molecule has 0 bridgehead atoms. The summed E-state index contributed by atoms with van der Waals surface area (Å²) in [4.78, 5) is 11.2. The molecule has 0 aliphatic heterocycles. The van der Waals surface area contributed by atoms with Crippen molar-refractivity contribution in [2.75, 3.05) is 0 Å². The van der Waals surface area contributed by atoms with Crippen LogP contribution in [0.1, 0.15) is 15.9 Å². The predicted molar refractivity (Wildman–Crippen MR) is 47.4 cm³/mol. The number of nitrogens with one attached hydrogen (secondary N) is 2. The van der Waals surface area contributed by atoms with E-state index in [1.54, 1.807) is 12.1 Å². The Morgan fingerprint density at radius 2 is 2.17 bits per heavy atom. The Labute approximate surface area is 70.9 Å². The van der Waals surface area contributed by atoms with Crippen LogP contribution in [0.15, 0.2) is 24.3 Å². The maximum atomic E-state index is 11.2. The minimum absolute atomic E-state index is 0.233. The van der Waals surface area contributed by atoms with Crippen molar-refractivity contribution >= 4 is 12.2 Å². The summed E-state index contributed by atoms with van der Waals surface area (Å²) >= 11 is 0. The van der Waals surface area contributed by atoms with Crippen molar-refractivity contribution in [2.24, 2.45) is 0 Å². The quantitative estimate of drug-likeness (QED) is 0.500. The van der Waals surface area contributed by atoms with Crippen molar-refractivity contribution in [2.45, 2.75) is 6.92 Å². The van der Waals surface area contributed by atoms with Crippen LogP contribution in [-0.4, -0.2) is 12.2 Å². The van der Waals surface area contributed by atoms with E-state index < -0.39 is 0 Å². The molecule has 0 fully saturated rings. The first-order valence-electron chi connectivity index (χ1n) is 3.61. The van der Waals surface area contributed by atoms with Crippen molar-refractivity contribution in [3.8, 4) is 0 Å². The van der Waals surface area contributed by atoms with E-state index in [4.69, 9.17) is 5.41 Å². The van der Waals surface area contributed by atoms with Gasteiger partial charge < -0.3 is 5.32 Å². The van der Waals surface area contributed by atoms with Gasteiger partial charge in [0.1, 0.15) is 0 Å². The monoisotopic (exact) mass is 162 g/mol. The summed E-state index contributed by atoms with van der Waals surface area (Å²) in [6.45, 7) is 1.86. The van der Waals surface area contributed by atoms with Crippen LogP contribution < -0.4 is 5.32 Å². The molecule has 0 aliphatic rings. The van der Waals surface area contributed by atoms with Crippen LogP contribution in [0.5, 0.6) is 0 Å². The maximum Gasteiger partial charge on any atom is 0.256 e. The normalized spacial score (nSPS) is 9.08. The van der Waals surface area contributed by atoms with Gasteiger partial charge in [0.15, 0.2) is 0 Å². The molecule has 1 aromatic carbocycles. The zero-order valence-corrected chi connectivity index (χ0v) is 6.79. The van der Waals surface area contributed by atoms with Gasteiger partial charge in [0, 0.05) is 5.56 Å². The molecule has 0 aromatic heterocycles.